The Kier molecular flexibility index (Phi) is 5.25. The minimum absolute atomic E-state index is 0.00392. The molecule has 0 saturated heterocycles. The smallest absolute Gasteiger partial charge is 0.358 e. The van der Waals surface area contributed by atoms with Gasteiger partial charge < -0.3 is 15.3 Å². The second kappa shape index (κ2) is 6.70. The van der Waals surface area contributed by atoms with Crippen LogP contribution in [0, 0.1) is 0 Å². The van der Waals surface area contributed by atoms with Gasteiger partial charge in [0, 0.05) is 26.6 Å². The Bertz CT molecular complexity index is 417. The van der Waals surface area contributed by atoms with Crippen molar-refractivity contribution in [1.29, 1.82) is 0 Å². The third-order valence-electron chi connectivity index (χ3n) is 2.47. The topological polar surface area (TPSA) is 100 Å². The van der Waals surface area contributed by atoms with Gasteiger partial charge in [0.05, 0.1) is 12.7 Å². The molecule has 0 spiro atoms. The van der Waals surface area contributed by atoms with Crippen LogP contribution in [0.5, 0.6) is 0 Å². The van der Waals surface area contributed by atoms with E-state index in [2.05, 4.69) is 15.6 Å². The minimum Gasteiger partial charge on any atom is -0.476 e. The van der Waals surface area contributed by atoms with Crippen molar-refractivity contribution in [2.75, 3.05) is 27.2 Å². The van der Waals surface area contributed by atoms with Crippen LogP contribution in [0.2, 0.25) is 0 Å². The van der Waals surface area contributed by atoms with Gasteiger partial charge in [-0.1, -0.05) is 5.21 Å². The molecule has 8 heteroatoms. The molecule has 8 nitrogen and oxygen atoms in total. The average Bonchev–Trinajstić information content (AvgIpc) is 2.82. The molecule has 0 radical (unpaired) electrons. The molecule has 1 aromatic rings. The van der Waals surface area contributed by atoms with E-state index < -0.39 is 5.97 Å². The summed E-state index contributed by atoms with van der Waals surface area (Å²) in [7, 11) is 3.49. The van der Waals surface area contributed by atoms with E-state index in [9.17, 15) is 9.59 Å². The molecule has 1 rings (SSSR count). The number of carboxylic acids is 1. The fourth-order valence-corrected chi connectivity index (χ4v) is 1.31. The van der Waals surface area contributed by atoms with Crippen molar-refractivity contribution in [3.8, 4) is 0 Å². The van der Waals surface area contributed by atoms with E-state index in [-0.39, 0.29) is 11.6 Å². The Morgan fingerprint density at radius 1 is 1.50 bits per heavy atom. The van der Waals surface area contributed by atoms with Crippen molar-refractivity contribution < 1.29 is 14.7 Å². The highest BCUT2D eigenvalue weighted by Crippen LogP contribution is 1.94. The van der Waals surface area contributed by atoms with Gasteiger partial charge in [0.25, 0.3) is 0 Å². The number of aromatic carboxylic acids is 1. The number of hydrogen-bond donors (Lipinski definition) is 2. The number of nitrogens with one attached hydrogen (secondary N) is 1. The van der Waals surface area contributed by atoms with Crippen LogP contribution in [0.3, 0.4) is 0 Å². The summed E-state index contributed by atoms with van der Waals surface area (Å²) < 4.78 is 1.47. The molecule has 0 aliphatic heterocycles. The van der Waals surface area contributed by atoms with Crippen LogP contribution in [-0.2, 0) is 11.3 Å². The number of carboxylic acid groups (broad SMARTS) is 1. The van der Waals surface area contributed by atoms with E-state index >= 15 is 0 Å². The van der Waals surface area contributed by atoms with E-state index in [0.29, 0.717) is 26.1 Å². The van der Waals surface area contributed by atoms with Crippen molar-refractivity contribution in [2.45, 2.75) is 13.0 Å². The maximum absolute atomic E-state index is 11.0. The standard InChI is InChI=1S/C10H17N5O3/c1-11-9(16)3-4-14(2)5-6-15-7-8(10(17)18)12-13-15/h7H,3-6H2,1-2H3,(H,11,16)(H,17,18). The Labute approximate surface area is 105 Å². The van der Waals surface area contributed by atoms with Gasteiger partial charge in [-0.3, -0.25) is 9.48 Å². The summed E-state index contributed by atoms with van der Waals surface area (Å²) in [5, 5.41) is 18.4. The van der Waals surface area contributed by atoms with Crippen LogP contribution < -0.4 is 5.32 Å². The highest BCUT2D eigenvalue weighted by molar-refractivity contribution is 5.84. The zero-order valence-electron chi connectivity index (χ0n) is 10.5. The second-order valence-electron chi connectivity index (χ2n) is 3.90. The number of aromatic nitrogens is 3. The molecule has 18 heavy (non-hydrogen) atoms. The molecular weight excluding hydrogens is 238 g/mol. The molecular formula is C10H17N5O3. The Hall–Kier alpha value is -1.96. The highest BCUT2D eigenvalue weighted by atomic mass is 16.4. The van der Waals surface area contributed by atoms with Crippen LogP contribution in [0.4, 0.5) is 0 Å². The summed E-state index contributed by atoms with van der Waals surface area (Å²) >= 11 is 0. The summed E-state index contributed by atoms with van der Waals surface area (Å²) in [6.07, 6.45) is 1.82. The largest absolute Gasteiger partial charge is 0.476 e. The third-order valence-corrected chi connectivity index (χ3v) is 2.47. The lowest BCUT2D eigenvalue weighted by atomic mass is 10.3. The summed E-state index contributed by atoms with van der Waals surface area (Å²) in [6, 6.07) is 0. The molecule has 0 unspecified atom stereocenters. The molecule has 1 amide bonds. The molecule has 0 bridgehead atoms. The molecule has 0 saturated carbocycles. The predicted octanol–water partition coefficient (Wildman–Crippen LogP) is -0.956. The van der Waals surface area contributed by atoms with Gasteiger partial charge in [0.2, 0.25) is 5.91 Å². The van der Waals surface area contributed by atoms with E-state index in [0.717, 1.165) is 0 Å². The maximum atomic E-state index is 11.0. The maximum Gasteiger partial charge on any atom is 0.358 e. The first-order valence-corrected chi connectivity index (χ1v) is 5.55. The van der Waals surface area contributed by atoms with Gasteiger partial charge >= 0.3 is 5.97 Å². The summed E-state index contributed by atoms with van der Waals surface area (Å²) in [4.78, 5) is 23.6. The van der Waals surface area contributed by atoms with E-state index in [1.165, 1.54) is 10.9 Å². The van der Waals surface area contributed by atoms with E-state index in [4.69, 9.17) is 5.11 Å². The lowest BCUT2D eigenvalue weighted by Gasteiger charge is -2.15. The predicted molar refractivity (Wildman–Crippen MR) is 63.2 cm³/mol. The number of hydrogen-bond acceptors (Lipinski definition) is 5. The van der Waals surface area contributed by atoms with Crippen LogP contribution in [0.1, 0.15) is 16.9 Å². The molecule has 0 fully saturated rings. The first-order chi connectivity index (χ1) is 8.52. The SMILES string of the molecule is CNC(=O)CCN(C)CCn1cc(C(=O)O)nn1. The molecule has 0 aliphatic carbocycles. The van der Waals surface area contributed by atoms with Gasteiger partial charge in [-0.15, -0.1) is 5.10 Å². The highest BCUT2D eigenvalue weighted by Gasteiger charge is 2.08. The Morgan fingerprint density at radius 2 is 2.22 bits per heavy atom. The van der Waals surface area contributed by atoms with Crippen LogP contribution >= 0.6 is 0 Å². The average molecular weight is 255 g/mol. The van der Waals surface area contributed by atoms with Gasteiger partial charge in [-0.2, -0.15) is 0 Å². The zero-order chi connectivity index (χ0) is 13.5. The second-order valence-corrected chi connectivity index (χ2v) is 3.90. The molecule has 1 aromatic heterocycles. The van der Waals surface area contributed by atoms with Crippen molar-refractivity contribution >= 4 is 11.9 Å². The molecule has 0 atom stereocenters. The Balaban J connectivity index is 2.31. The number of likely N-dealkylation sites (N-methyl/N-ethyl adjacent to an activating group) is 1. The van der Waals surface area contributed by atoms with Gasteiger partial charge in [-0.25, -0.2) is 4.79 Å². The monoisotopic (exact) mass is 255 g/mol. The first kappa shape index (κ1) is 14.1. The number of rotatable bonds is 7. The molecule has 2 N–H and O–H groups in total. The van der Waals surface area contributed by atoms with E-state index in [1.807, 2.05) is 11.9 Å². The molecule has 1 heterocycles. The third kappa shape index (κ3) is 4.50. The van der Waals surface area contributed by atoms with Gasteiger partial charge in [0.1, 0.15) is 0 Å². The normalized spacial score (nSPS) is 10.6. The molecule has 0 aromatic carbocycles. The van der Waals surface area contributed by atoms with Crippen molar-refractivity contribution in [2.24, 2.45) is 0 Å². The first-order valence-electron chi connectivity index (χ1n) is 5.55. The van der Waals surface area contributed by atoms with Crippen LogP contribution in [0.15, 0.2) is 6.20 Å². The molecule has 100 valence electrons. The summed E-state index contributed by atoms with van der Waals surface area (Å²) in [6.45, 7) is 1.84. The number of nitrogens with zero attached hydrogens (tertiary/aromatic N) is 4. The quantitative estimate of drug-likeness (QED) is 0.651. The number of amides is 1. The number of carbonyl (C=O) groups is 2. The lowest BCUT2D eigenvalue weighted by molar-refractivity contribution is -0.120. The number of carbonyl (C=O) groups excluding carboxylic acids is 1. The fraction of sp³-hybridized carbons (Fsp3) is 0.600. The van der Waals surface area contributed by atoms with Crippen molar-refractivity contribution in [1.82, 2.24) is 25.2 Å². The zero-order valence-corrected chi connectivity index (χ0v) is 10.5. The van der Waals surface area contributed by atoms with Gasteiger partial charge in [-0.05, 0) is 7.05 Å². The van der Waals surface area contributed by atoms with Crippen LogP contribution in [0.25, 0.3) is 0 Å². The van der Waals surface area contributed by atoms with Gasteiger partial charge in [0.15, 0.2) is 5.69 Å². The Morgan fingerprint density at radius 3 is 2.78 bits per heavy atom. The lowest BCUT2D eigenvalue weighted by Crippen LogP contribution is -2.29. The van der Waals surface area contributed by atoms with E-state index in [1.54, 1.807) is 7.05 Å². The van der Waals surface area contributed by atoms with Crippen molar-refractivity contribution in [3.05, 3.63) is 11.9 Å². The summed E-state index contributed by atoms with van der Waals surface area (Å²) in [5.41, 5.74) is -0.0667. The minimum atomic E-state index is -1.09. The molecule has 0 aliphatic rings. The fourth-order valence-electron chi connectivity index (χ4n) is 1.31. The summed E-state index contributed by atoms with van der Waals surface area (Å²) in [5.74, 6) is -1.09. The van der Waals surface area contributed by atoms with Crippen LogP contribution in [-0.4, -0.2) is 64.1 Å². The van der Waals surface area contributed by atoms with Crippen molar-refractivity contribution in [3.63, 3.8) is 0 Å².